The van der Waals surface area contributed by atoms with E-state index in [1.165, 1.54) is 17.2 Å². The molecule has 0 N–H and O–H groups in total. The van der Waals surface area contributed by atoms with Crippen LogP contribution in [0.3, 0.4) is 0 Å². The van der Waals surface area contributed by atoms with E-state index < -0.39 is 0 Å². The van der Waals surface area contributed by atoms with Crippen LogP contribution in [0.4, 0.5) is 0 Å². The molecule has 0 saturated carbocycles. The minimum absolute atomic E-state index is 0.0708. The number of hydrogen-bond acceptors (Lipinski definition) is 2. The summed E-state index contributed by atoms with van der Waals surface area (Å²) in [6, 6.07) is 7.15. The van der Waals surface area contributed by atoms with Gasteiger partial charge in [0.25, 0.3) is 0 Å². The van der Waals surface area contributed by atoms with Gasteiger partial charge in [-0.25, -0.2) is 0 Å². The number of carbonyl (C=O) groups excluding carboxylic acids is 2. The lowest BCUT2D eigenvalue weighted by molar-refractivity contribution is -0.128. The Bertz CT molecular complexity index is 697. The Morgan fingerprint density at radius 3 is 2.38 bits per heavy atom. The number of ketones is 2. The molecule has 2 nitrogen and oxygen atoms in total. The van der Waals surface area contributed by atoms with Crippen molar-refractivity contribution < 1.29 is 9.59 Å². The summed E-state index contributed by atoms with van der Waals surface area (Å²) in [5.74, 6) is -0.237. The van der Waals surface area contributed by atoms with Crippen LogP contribution in [0.1, 0.15) is 32.3 Å². The highest BCUT2D eigenvalue weighted by molar-refractivity contribution is 6.32. The third kappa shape index (κ3) is 2.49. The molecule has 3 heteroatoms. The Labute approximate surface area is 129 Å². The lowest BCUT2D eigenvalue weighted by Crippen LogP contribution is -2.36. The number of halogens is 1. The van der Waals surface area contributed by atoms with Crippen LogP contribution < -0.4 is 0 Å². The first-order valence-electron chi connectivity index (χ1n) is 7.18. The van der Waals surface area contributed by atoms with E-state index in [0.717, 1.165) is 5.56 Å². The van der Waals surface area contributed by atoms with Gasteiger partial charge in [0.1, 0.15) is 0 Å². The molecule has 0 spiro atoms. The first-order valence-corrected chi connectivity index (χ1v) is 7.56. The predicted octanol–water partition coefficient (Wildman–Crippen LogP) is 4.24. The van der Waals surface area contributed by atoms with Crippen molar-refractivity contribution in [2.75, 3.05) is 0 Å². The number of Topliss-reactive ketones (excluding diaryl/α,β-unsaturated/α-hetero) is 1. The minimum Gasteiger partial charge on any atom is -0.294 e. The van der Waals surface area contributed by atoms with Crippen molar-refractivity contribution in [2.24, 2.45) is 11.8 Å². The largest absolute Gasteiger partial charge is 0.294 e. The van der Waals surface area contributed by atoms with Crippen LogP contribution in [0.2, 0.25) is 5.02 Å². The smallest absolute Gasteiger partial charge is 0.167 e. The second kappa shape index (κ2) is 5.27. The van der Waals surface area contributed by atoms with Gasteiger partial charge in [0, 0.05) is 22.4 Å². The van der Waals surface area contributed by atoms with Gasteiger partial charge in [-0.05, 0) is 50.5 Å². The van der Waals surface area contributed by atoms with Crippen LogP contribution in [0.25, 0.3) is 5.57 Å². The zero-order valence-corrected chi connectivity index (χ0v) is 12.9. The van der Waals surface area contributed by atoms with E-state index in [0.29, 0.717) is 23.4 Å². The van der Waals surface area contributed by atoms with Crippen LogP contribution >= 0.6 is 11.6 Å². The van der Waals surface area contributed by atoms with Gasteiger partial charge < -0.3 is 0 Å². The predicted molar refractivity (Wildman–Crippen MR) is 84.0 cm³/mol. The minimum atomic E-state index is -0.208. The fraction of sp³-hybridized carbons (Fsp3) is 0.333. The second-order valence-corrected chi connectivity index (χ2v) is 6.45. The monoisotopic (exact) mass is 300 g/mol. The van der Waals surface area contributed by atoms with E-state index in [2.05, 4.69) is 13.8 Å². The maximum atomic E-state index is 12.8. The van der Waals surface area contributed by atoms with Gasteiger partial charge in [-0.2, -0.15) is 0 Å². The topological polar surface area (TPSA) is 34.1 Å². The average Bonchev–Trinajstić information content (AvgIpc) is 2.45. The zero-order chi connectivity index (χ0) is 15.1. The summed E-state index contributed by atoms with van der Waals surface area (Å²) in [5.41, 5.74) is 3.74. The third-order valence-corrected chi connectivity index (χ3v) is 4.89. The average molecular weight is 301 g/mol. The van der Waals surface area contributed by atoms with Crippen molar-refractivity contribution >= 4 is 28.7 Å². The van der Waals surface area contributed by atoms with Crippen LogP contribution in [0, 0.1) is 11.8 Å². The first-order chi connectivity index (χ1) is 9.97. The number of carbonyl (C=O) groups is 2. The fourth-order valence-corrected chi connectivity index (χ4v) is 3.46. The highest BCUT2D eigenvalue weighted by Gasteiger charge is 2.41. The van der Waals surface area contributed by atoms with E-state index in [9.17, 15) is 9.59 Å². The molecule has 21 heavy (non-hydrogen) atoms. The van der Waals surface area contributed by atoms with Gasteiger partial charge in [0.05, 0.1) is 0 Å². The van der Waals surface area contributed by atoms with Gasteiger partial charge in [-0.15, -0.1) is 0 Å². The van der Waals surface area contributed by atoms with Gasteiger partial charge in [-0.1, -0.05) is 34.9 Å². The molecule has 0 fully saturated rings. The van der Waals surface area contributed by atoms with E-state index in [1.807, 2.05) is 6.07 Å². The molecule has 2 atom stereocenters. The van der Waals surface area contributed by atoms with Crippen molar-refractivity contribution in [3.05, 3.63) is 52.1 Å². The van der Waals surface area contributed by atoms with Gasteiger partial charge in [-0.3, -0.25) is 9.59 Å². The summed E-state index contributed by atoms with van der Waals surface area (Å²) < 4.78 is 0. The molecule has 0 aromatic heterocycles. The molecule has 1 aromatic carbocycles. The van der Waals surface area contributed by atoms with E-state index >= 15 is 0 Å². The Hall–Kier alpha value is -1.67. The summed E-state index contributed by atoms with van der Waals surface area (Å²) in [6.07, 6.45) is 2.92. The quantitative estimate of drug-likeness (QED) is 0.727. The molecular formula is C18H17ClO2. The molecule has 108 valence electrons. The van der Waals surface area contributed by atoms with Crippen LogP contribution in [0.15, 0.2) is 41.5 Å². The van der Waals surface area contributed by atoms with Crippen LogP contribution in [0.5, 0.6) is 0 Å². The Morgan fingerprint density at radius 1 is 1.05 bits per heavy atom. The molecule has 2 aliphatic rings. The zero-order valence-electron chi connectivity index (χ0n) is 12.2. The Balaban J connectivity index is 2.02. The lowest BCUT2D eigenvalue weighted by atomic mass is 9.67. The molecule has 0 saturated heterocycles. The normalized spacial score (nSPS) is 25.8. The molecule has 0 radical (unpaired) electrons. The molecule has 0 amide bonds. The van der Waals surface area contributed by atoms with Crippen LogP contribution in [-0.4, -0.2) is 11.6 Å². The van der Waals surface area contributed by atoms with Gasteiger partial charge in [0.15, 0.2) is 11.6 Å². The van der Waals surface area contributed by atoms with E-state index in [-0.39, 0.29) is 23.4 Å². The van der Waals surface area contributed by atoms with Crippen molar-refractivity contribution in [1.82, 2.24) is 0 Å². The number of fused-ring (bicyclic) bond motifs is 1. The van der Waals surface area contributed by atoms with Crippen LogP contribution in [-0.2, 0) is 9.59 Å². The number of rotatable bonds is 1. The number of hydrogen-bond donors (Lipinski definition) is 0. The summed E-state index contributed by atoms with van der Waals surface area (Å²) >= 11 is 6.00. The van der Waals surface area contributed by atoms with Crippen molar-refractivity contribution in [1.29, 1.82) is 0 Å². The summed E-state index contributed by atoms with van der Waals surface area (Å²) in [5, 5.41) is 0.575. The molecular weight excluding hydrogens is 284 g/mol. The summed E-state index contributed by atoms with van der Waals surface area (Å²) in [4.78, 5) is 25.2. The van der Waals surface area contributed by atoms with Crippen molar-refractivity contribution in [3.63, 3.8) is 0 Å². The first kappa shape index (κ1) is 14.3. The molecule has 0 aliphatic heterocycles. The van der Waals surface area contributed by atoms with Gasteiger partial charge >= 0.3 is 0 Å². The SMILES string of the molecule is CC1=C(C)C[C@H]2C(=O)C(c3cccc(Cl)c3)=CC(=O)[C@@H]2C1. The lowest BCUT2D eigenvalue weighted by Gasteiger charge is -2.34. The summed E-state index contributed by atoms with van der Waals surface area (Å²) in [6.45, 7) is 4.11. The molecule has 1 aromatic rings. The highest BCUT2D eigenvalue weighted by Crippen LogP contribution is 2.41. The standard InChI is InChI=1S/C18H17ClO2/c1-10-6-15-16(7-11(10)2)18(21)14(9-17(15)20)12-4-3-5-13(19)8-12/h3-5,8-9,15-16H,6-7H2,1-2H3/t15-,16-/m1/s1. The van der Waals surface area contributed by atoms with Crippen molar-refractivity contribution in [2.45, 2.75) is 26.7 Å². The molecule has 0 unspecified atom stereocenters. The van der Waals surface area contributed by atoms with E-state index in [1.54, 1.807) is 18.2 Å². The fourth-order valence-electron chi connectivity index (χ4n) is 3.27. The molecule has 0 bridgehead atoms. The maximum Gasteiger partial charge on any atom is 0.167 e. The maximum absolute atomic E-state index is 12.8. The second-order valence-electron chi connectivity index (χ2n) is 6.02. The van der Waals surface area contributed by atoms with E-state index in [4.69, 9.17) is 11.6 Å². The summed E-state index contributed by atoms with van der Waals surface area (Å²) in [7, 11) is 0. The number of benzene rings is 1. The Morgan fingerprint density at radius 2 is 1.71 bits per heavy atom. The highest BCUT2D eigenvalue weighted by atomic mass is 35.5. The third-order valence-electron chi connectivity index (χ3n) is 4.66. The van der Waals surface area contributed by atoms with Gasteiger partial charge in [0.2, 0.25) is 0 Å². The Kier molecular flexibility index (Phi) is 3.58. The molecule has 3 rings (SSSR count). The van der Waals surface area contributed by atoms with Crippen molar-refractivity contribution in [3.8, 4) is 0 Å². The molecule has 0 heterocycles. The molecule has 2 aliphatic carbocycles. The number of allylic oxidation sites excluding steroid dienone is 4.